The summed E-state index contributed by atoms with van der Waals surface area (Å²) in [5.74, 6) is 0.886. The highest BCUT2D eigenvalue weighted by molar-refractivity contribution is 5.30. The molecule has 0 aliphatic rings. The molecule has 3 atom stereocenters. The molecule has 0 aromatic heterocycles. The quantitative estimate of drug-likeness (QED) is 0.119. The van der Waals surface area contributed by atoms with E-state index in [0.29, 0.717) is 11.8 Å². The molecule has 2 aromatic rings. The van der Waals surface area contributed by atoms with Gasteiger partial charge in [0, 0.05) is 0 Å². The summed E-state index contributed by atoms with van der Waals surface area (Å²) < 4.78 is 0. The monoisotopic (exact) mass is 563 g/mol. The number of unbranched alkanes of at least 4 members (excludes halogenated alkanes) is 13. The van der Waals surface area contributed by atoms with Crippen molar-refractivity contribution in [1.82, 2.24) is 0 Å². The smallest absolute Gasteiger partial charge is 0.0546 e. The van der Waals surface area contributed by atoms with E-state index >= 15 is 0 Å². The summed E-state index contributed by atoms with van der Waals surface area (Å²) in [4.78, 5) is 0. The largest absolute Gasteiger partial charge is 0.393 e. The number of hydrogen-bond acceptors (Lipinski definition) is 1. The van der Waals surface area contributed by atoms with Gasteiger partial charge in [-0.25, -0.2) is 0 Å². The zero-order valence-electron chi connectivity index (χ0n) is 27.6. The predicted molar refractivity (Wildman–Crippen MR) is 182 cm³/mol. The number of aryl methyl sites for hydroxylation is 2. The van der Waals surface area contributed by atoms with E-state index in [4.69, 9.17) is 0 Å². The molecule has 41 heavy (non-hydrogen) atoms. The lowest BCUT2D eigenvalue weighted by atomic mass is 9.81. The number of aliphatic hydroxyl groups is 1. The van der Waals surface area contributed by atoms with Crippen molar-refractivity contribution in [1.29, 1.82) is 0 Å². The van der Waals surface area contributed by atoms with E-state index in [2.05, 4.69) is 76.2 Å². The summed E-state index contributed by atoms with van der Waals surface area (Å²) in [7, 11) is 0. The maximum absolute atomic E-state index is 11.1. The molecule has 0 bridgehead atoms. The minimum atomic E-state index is -0.203. The molecular weight excluding hydrogens is 496 g/mol. The normalized spacial score (nSPS) is 13.8. The topological polar surface area (TPSA) is 20.2 Å². The summed E-state index contributed by atoms with van der Waals surface area (Å²) in [6, 6.07) is 18.8. The highest BCUT2D eigenvalue weighted by Gasteiger charge is 2.21. The Labute approximate surface area is 256 Å². The van der Waals surface area contributed by atoms with Gasteiger partial charge in [-0.15, -0.1) is 0 Å². The molecule has 0 radical (unpaired) electrons. The lowest BCUT2D eigenvalue weighted by molar-refractivity contribution is 0.139. The molecule has 2 rings (SSSR count). The van der Waals surface area contributed by atoms with Crippen LogP contribution in [-0.4, -0.2) is 11.2 Å². The van der Waals surface area contributed by atoms with Crippen molar-refractivity contribution in [2.45, 2.75) is 180 Å². The Bertz CT molecular complexity index is 886. The minimum Gasteiger partial charge on any atom is -0.393 e. The first-order chi connectivity index (χ1) is 20.1. The fourth-order valence-electron chi connectivity index (χ4n) is 6.46. The van der Waals surface area contributed by atoms with Crippen LogP contribution >= 0.6 is 0 Å². The lowest BCUT2D eigenvalue weighted by Gasteiger charge is -2.25. The van der Waals surface area contributed by atoms with Gasteiger partial charge in [-0.05, 0) is 79.0 Å². The summed E-state index contributed by atoms with van der Waals surface area (Å²) in [5, 5.41) is 11.1. The van der Waals surface area contributed by atoms with Crippen LogP contribution in [0, 0.1) is 0 Å². The van der Waals surface area contributed by atoms with Crippen molar-refractivity contribution in [3.63, 3.8) is 0 Å². The molecule has 1 heteroatoms. The Balaban J connectivity index is 2.04. The molecule has 0 amide bonds. The van der Waals surface area contributed by atoms with Crippen molar-refractivity contribution >= 4 is 0 Å². The van der Waals surface area contributed by atoms with Gasteiger partial charge in [0.05, 0.1) is 6.10 Å². The Kier molecular flexibility index (Phi) is 19.9. The molecule has 0 fully saturated rings. The number of aliphatic hydroxyl groups excluding tert-OH is 1. The van der Waals surface area contributed by atoms with Crippen LogP contribution in [0.1, 0.15) is 184 Å². The van der Waals surface area contributed by atoms with Crippen LogP contribution in [0.15, 0.2) is 48.5 Å². The van der Waals surface area contributed by atoms with E-state index in [1.54, 1.807) is 0 Å². The summed E-state index contributed by atoms with van der Waals surface area (Å²) in [5.41, 5.74) is 5.89. The van der Waals surface area contributed by atoms with Gasteiger partial charge in [0.25, 0.3) is 0 Å². The lowest BCUT2D eigenvalue weighted by Crippen LogP contribution is -2.15. The van der Waals surface area contributed by atoms with Crippen LogP contribution in [0.3, 0.4) is 0 Å². The molecule has 0 saturated heterocycles. The van der Waals surface area contributed by atoms with Gasteiger partial charge >= 0.3 is 0 Å². The van der Waals surface area contributed by atoms with Gasteiger partial charge in [0.1, 0.15) is 0 Å². The fraction of sp³-hybridized carbons (Fsp3) is 0.700. The third-order valence-electron chi connectivity index (χ3n) is 9.17. The highest BCUT2D eigenvalue weighted by atomic mass is 16.3. The van der Waals surface area contributed by atoms with Crippen molar-refractivity contribution < 1.29 is 5.11 Å². The first kappa shape index (κ1) is 35.6. The predicted octanol–water partition coefficient (Wildman–Crippen LogP) is 12.5. The van der Waals surface area contributed by atoms with E-state index in [-0.39, 0.29) is 6.10 Å². The fourth-order valence-corrected chi connectivity index (χ4v) is 6.46. The molecule has 1 N–H and O–H groups in total. The van der Waals surface area contributed by atoms with Crippen LogP contribution in [0.5, 0.6) is 0 Å². The maximum atomic E-state index is 11.1. The van der Waals surface area contributed by atoms with Crippen molar-refractivity contribution in [2.24, 2.45) is 0 Å². The minimum absolute atomic E-state index is 0.203. The van der Waals surface area contributed by atoms with Crippen molar-refractivity contribution in [3.05, 3.63) is 70.8 Å². The Morgan fingerprint density at radius 3 is 1.56 bits per heavy atom. The Morgan fingerprint density at radius 2 is 1.00 bits per heavy atom. The molecule has 0 aliphatic carbocycles. The number of benzene rings is 2. The Morgan fingerprint density at radius 1 is 0.537 bits per heavy atom. The van der Waals surface area contributed by atoms with Crippen LogP contribution < -0.4 is 0 Å². The first-order valence-corrected chi connectivity index (χ1v) is 17.9. The zero-order valence-corrected chi connectivity index (χ0v) is 27.6. The molecular formula is C40H66O. The van der Waals surface area contributed by atoms with Gasteiger partial charge in [-0.1, -0.05) is 166 Å². The van der Waals surface area contributed by atoms with Crippen LogP contribution in [0.2, 0.25) is 0 Å². The molecule has 0 spiro atoms. The summed E-state index contributed by atoms with van der Waals surface area (Å²) in [6.07, 6.45) is 26.2. The second-order valence-electron chi connectivity index (χ2n) is 13.1. The van der Waals surface area contributed by atoms with E-state index in [0.717, 1.165) is 25.7 Å². The van der Waals surface area contributed by atoms with E-state index < -0.39 is 0 Å². The van der Waals surface area contributed by atoms with Crippen molar-refractivity contribution in [3.8, 4) is 0 Å². The SMILES string of the molecule is CCCCCCCCc1cccc(C(C)CC(CC(O)CCCCCC)c2cccc(CCCCCCCC)c2)c1. The van der Waals surface area contributed by atoms with Gasteiger partial charge < -0.3 is 5.11 Å². The van der Waals surface area contributed by atoms with Crippen LogP contribution in [0.25, 0.3) is 0 Å². The molecule has 2 aromatic carbocycles. The molecule has 0 aliphatic heterocycles. The van der Waals surface area contributed by atoms with Crippen LogP contribution in [0.4, 0.5) is 0 Å². The van der Waals surface area contributed by atoms with Gasteiger partial charge in [-0.2, -0.15) is 0 Å². The van der Waals surface area contributed by atoms with Crippen LogP contribution in [-0.2, 0) is 12.8 Å². The standard InChI is InChI=1S/C40H66O/c1-5-8-11-14-16-18-23-35-25-21-27-37(31-35)34(4)30-39(33-40(41)29-20-13-10-7-3)38-28-22-26-36(32-38)24-19-17-15-12-9-6-2/h21-22,25-28,31-32,34,39-41H,5-20,23-24,29-30,33H2,1-4H3. The number of rotatable bonds is 25. The zero-order chi connectivity index (χ0) is 29.5. The van der Waals surface area contributed by atoms with E-state index in [1.165, 1.54) is 131 Å². The first-order valence-electron chi connectivity index (χ1n) is 17.9. The molecule has 3 unspecified atom stereocenters. The molecule has 0 saturated carbocycles. The molecule has 232 valence electrons. The summed E-state index contributed by atoms with van der Waals surface area (Å²) >= 11 is 0. The van der Waals surface area contributed by atoms with E-state index in [1.807, 2.05) is 0 Å². The highest BCUT2D eigenvalue weighted by Crippen LogP contribution is 2.35. The average molecular weight is 563 g/mol. The van der Waals surface area contributed by atoms with Gasteiger partial charge in [-0.3, -0.25) is 0 Å². The molecule has 0 heterocycles. The van der Waals surface area contributed by atoms with Crippen molar-refractivity contribution in [2.75, 3.05) is 0 Å². The van der Waals surface area contributed by atoms with E-state index in [9.17, 15) is 5.11 Å². The third-order valence-corrected chi connectivity index (χ3v) is 9.17. The Hall–Kier alpha value is -1.60. The second kappa shape index (κ2) is 22.9. The second-order valence-corrected chi connectivity index (χ2v) is 13.1. The van der Waals surface area contributed by atoms with Gasteiger partial charge in [0.2, 0.25) is 0 Å². The summed E-state index contributed by atoms with van der Waals surface area (Å²) in [6.45, 7) is 9.25. The molecule has 1 nitrogen and oxygen atoms in total. The third kappa shape index (κ3) is 16.0. The van der Waals surface area contributed by atoms with Gasteiger partial charge in [0.15, 0.2) is 0 Å². The number of hydrogen-bond donors (Lipinski definition) is 1. The average Bonchev–Trinajstić information content (AvgIpc) is 2.99. The maximum Gasteiger partial charge on any atom is 0.0546 e.